The molecule has 2 aromatic rings. The summed E-state index contributed by atoms with van der Waals surface area (Å²) in [5, 5.41) is 17.9. The lowest BCUT2D eigenvalue weighted by molar-refractivity contribution is 0.0698. The molecular weight excluding hydrogens is 258 g/mol. The summed E-state index contributed by atoms with van der Waals surface area (Å²) in [4.78, 5) is 10.9. The Morgan fingerprint density at radius 3 is 2.60 bits per heavy atom. The van der Waals surface area contributed by atoms with Crippen LogP contribution in [0.3, 0.4) is 0 Å². The molecule has 0 saturated heterocycles. The van der Waals surface area contributed by atoms with Crippen molar-refractivity contribution in [3.05, 3.63) is 53.6 Å². The highest BCUT2D eigenvalue weighted by Gasteiger charge is 2.10. The molecule has 0 unspecified atom stereocenters. The number of nitrogen functional groups attached to an aromatic ring is 1. The smallest absolute Gasteiger partial charge is 0.337 e. The van der Waals surface area contributed by atoms with Crippen molar-refractivity contribution in [1.29, 1.82) is 0 Å². The van der Waals surface area contributed by atoms with E-state index in [1.165, 1.54) is 12.1 Å². The molecule has 0 aromatic heterocycles. The number of hydrogen-bond donors (Lipinski definition) is 3. The Labute approximate surface area is 116 Å². The van der Waals surface area contributed by atoms with E-state index in [2.05, 4.69) is 0 Å². The summed E-state index contributed by atoms with van der Waals surface area (Å²) in [6.45, 7) is 0.0282. The molecule has 104 valence electrons. The van der Waals surface area contributed by atoms with Gasteiger partial charge in [-0.3, -0.25) is 0 Å². The average Bonchev–Trinajstić information content (AvgIpc) is 2.41. The van der Waals surface area contributed by atoms with Crippen LogP contribution in [-0.4, -0.2) is 22.8 Å². The third kappa shape index (κ3) is 3.07. The van der Waals surface area contributed by atoms with Crippen LogP contribution in [0.1, 0.15) is 15.9 Å². The number of benzene rings is 2. The molecule has 20 heavy (non-hydrogen) atoms. The Balaban J connectivity index is 2.26. The van der Waals surface area contributed by atoms with Gasteiger partial charge in [0.15, 0.2) is 0 Å². The Bertz CT molecular complexity index is 625. The molecule has 0 aliphatic rings. The maximum atomic E-state index is 10.9. The Kier molecular flexibility index (Phi) is 4.22. The molecule has 4 N–H and O–H groups in total. The number of hydrogen-bond acceptors (Lipinski definition) is 4. The molecule has 0 spiro atoms. The topological polar surface area (TPSA) is 92.8 Å². The van der Waals surface area contributed by atoms with Crippen LogP contribution in [0, 0.1) is 0 Å². The second-order valence-electron chi connectivity index (χ2n) is 4.24. The normalized spacial score (nSPS) is 10.2. The van der Waals surface area contributed by atoms with Gasteiger partial charge >= 0.3 is 5.97 Å². The summed E-state index contributed by atoms with van der Waals surface area (Å²) in [5.41, 5.74) is 6.73. The molecule has 0 fully saturated rings. The zero-order valence-corrected chi connectivity index (χ0v) is 10.7. The molecule has 0 amide bonds. The number of aliphatic hydroxyl groups excluding tert-OH is 1. The molecule has 0 aliphatic carbocycles. The van der Waals surface area contributed by atoms with Crippen LogP contribution in [0.5, 0.6) is 11.5 Å². The molecule has 2 aromatic carbocycles. The van der Waals surface area contributed by atoms with E-state index in [0.29, 0.717) is 17.9 Å². The fourth-order valence-electron chi connectivity index (χ4n) is 1.86. The highest BCUT2D eigenvalue weighted by atomic mass is 16.5. The number of carboxylic acids is 1. The molecule has 0 aliphatic heterocycles. The zero-order chi connectivity index (χ0) is 14.5. The first-order chi connectivity index (χ1) is 9.61. The predicted octanol–water partition coefficient (Wildman–Crippen LogP) is 2.29. The van der Waals surface area contributed by atoms with Gasteiger partial charge in [0.2, 0.25) is 0 Å². The number of aromatic carboxylic acids is 1. The van der Waals surface area contributed by atoms with Gasteiger partial charge in [0.1, 0.15) is 11.5 Å². The molecule has 0 saturated carbocycles. The van der Waals surface area contributed by atoms with Gasteiger partial charge in [0.25, 0.3) is 0 Å². The van der Waals surface area contributed by atoms with E-state index in [0.717, 1.165) is 5.56 Å². The van der Waals surface area contributed by atoms with E-state index in [-0.39, 0.29) is 17.9 Å². The SMILES string of the molecule is Nc1cc(Oc2ccccc2CCO)ccc1C(=O)O. The fraction of sp³-hybridized carbons (Fsp3) is 0.133. The van der Waals surface area contributed by atoms with Crippen LogP contribution >= 0.6 is 0 Å². The van der Waals surface area contributed by atoms with Crippen molar-refractivity contribution in [3.8, 4) is 11.5 Å². The Morgan fingerprint density at radius 1 is 1.20 bits per heavy atom. The summed E-state index contributed by atoms with van der Waals surface area (Å²) in [6.07, 6.45) is 0.485. The Morgan fingerprint density at radius 2 is 1.95 bits per heavy atom. The van der Waals surface area contributed by atoms with Gasteiger partial charge in [-0.25, -0.2) is 4.79 Å². The van der Waals surface area contributed by atoms with Gasteiger partial charge in [-0.2, -0.15) is 0 Å². The van der Waals surface area contributed by atoms with E-state index in [1.54, 1.807) is 12.1 Å². The summed E-state index contributed by atoms with van der Waals surface area (Å²) >= 11 is 0. The number of carbonyl (C=O) groups is 1. The minimum Gasteiger partial charge on any atom is -0.478 e. The quantitative estimate of drug-likeness (QED) is 0.727. The molecule has 5 heteroatoms. The van der Waals surface area contributed by atoms with Gasteiger partial charge in [-0.1, -0.05) is 18.2 Å². The first-order valence-electron chi connectivity index (χ1n) is 6.11. The second kappa shape index (κ2) is 6.08. The lowest BCUT2D eigenvalue weighted by Gasteiger charge is -2.11. The maximum absolute atomic E-state index is 10.9. The van der Waals surface area contributed by atoms with Crippen LogP contribution in [0.4, 0.5) is 5.69 Å². The monoisotopic (exact) mass is 273 g/mol. The number of nitrogens with two attached hydrogens (primary N) is 1. The van der Waals surface area contributed by atoms with E-state index in [4.69, 9.17) is 20.7 Å². The highest BCUT2D eigenvalue weighted by Crippen LogP contribution is 2.28. The van der Waals surface area contributed by atoms with Crippen LogP contribution < -0.4 is 10.5 Å². The number of para-hydroxylation sites is 1. The highest BCUT2D eigenvalue weighted by molar-refractivity contribution is 5.93. The lowest BCUT2D eigenvalue weighted by atomic mass is 10.1. The lowest BCUT2D eigenvalue weighted by Crippen LogP contribution is -2.02. The zero-order valence-electron chi connectivity index (χ0n) is 10.7. The molecule has 0 heterocycles. The minimum atomic E-state index is -1.07. The van der Waals surface area contributed by atoms with Crippen LogP contribution in [-0.2, 0) is 6.42 Å². The van der Waals surface area contributed by atoms with Crippen molar-refractivity contribution < 1.29 is 19.7 Å². The molecular formula is C15H15NO4. The van der Waals surface area contributed by atoms with E-state index in [1.807, 2.05) is 18.2 Å². The molecule has 5 nitrogen and oxygen atoms in total. The molecule has 0 atom stereocenters. The first kappa shape index (κ1) is 13.9. The number of carboxylic acid groups (broad SMARTS) is 1. The first-order valence-corrected chi connectivity index (χ1v) is 6.11. The van der Waals surface area contributed by atoms with Crippen molar-refractivity contribution in [3.63, 3.8) is 0 Å². The number of rotatable bonds is 5. The summed E-state index contributed by atoms with van der Waals surface area (Å²) < 4.78 is 5.69. The van der Waals surface area contributed by atoms with E-state index >= 15 is 0 Å². The van der Waals surface area contributed by atoms with Crippen molar-refractivity contribution >= 4 is 11.7 Å². The van der Waals surface area contributed by atoms with Gasteiger partial charge in [-0.15, -0.1) is 0 Å². The van der Waals surface area contributed by atoms with E-state index in [9.17, 15) is 4.79 Å². The average molecular weight is 273 g/mol. The van der Waals surface area contributed by atoms with Crippen molar-refractivity contribution in [2.45, 2.75) is 6.42 Å². The van der Waals surface area contributed by atoms with Gasteiger partial charge in [0.05, 0.1) is 5.56 Å². The van der Waals surface area contributed by atoms with Crippen molar-refractivity contribution in [1.82, 2.24) is 0 Å². The maximum Gasteiger partial charge on any atom is 0.337 e. The van der Waals surface area contributed by atoms with Gasteiger partial charge in [0, 0.05) is 18.4 Å². The predicted molar refractivity (Wildman–Crippen MR) is 75.1 cm³/mol. The van der Waals surface area contributed by atoms with Crippen molar-refractivity contribution in [2.75, 3.05) is 12.3 Å². The second-order valence-corrected chi connectivity index (χ2v) is 4.24. The minimum absolute atomic E-state index is 0.0282. The molecule has 0 bridgehead atoms. The summed E-state index contributed by atoms with van der Waals surface area (Å²) in [7, 11) is 0. The van der Waals surface area contributed by atoms with Crippen LogP contribution in [0.15, 0.2) is 42.5 Å². The molecule has 0 radical (unpaired) electrons. The van der Waals surface area contributed by atoms with Crippen molar-refractivity contribution in [2.24, 2.45) is 0 Å². The third-order valence-electron chi connectivity index (χ3n) is 2.83. The van der Waals surface area contributed by atoms with Crippen LogP contribution in [0.25, 0.3) is 0 Å². The number of anilines is 1. The van der Waals surface area contributed by atoms with Gasteiger partial charge in [-0.05, 0) is 30.2 Å². The number of ether oxygens (including phenoxy) is 1. The summed E-state index contributed by atoms with van der Waals surface area (Å²) in [5.74, 6) is -0.00311. The Hall–Kier alpha value is -2.53. The third-order valence-corrected chi connectivity index (χ3v) is 2.83. The summed E-state index contributed by atoms with van der Waals surface area (Å²) in [6, 6.07) is 11.8. The van der Waals surface area contributed by atoms with Gasteiger partial charge < -0.3 is 20.7 Å². The molecule has 2 rings (SSSR count). The van der Waals surface area contributed by atoms with E-state index < -0.39 is 5.97 Å². The standard InChI is InChI=1S/C15H15NO4/c16-13-9-11(5-6-12(13)15(18)19)20-14-4-2-1-3-10(14)7-8-17/h1-6,9,17H,7-8,16H2,(H,18,19). The fourth-order valence-corrected chi connectivity index (χ4v) is 1.86. The largest absolute Gasteiger partial charge is 0.478 e. The number of aliphatic hydroxyl groups is 1. The van der Waals surface area contributed by atoms with Crippen LogP contribution in [0.2, 0.25) is 0 Å².